The van der Waals surface area contributed by atoms with Gasteiger partial charge in [0.2, 0.25) is 11.0 Å². The van der Waals surface area contributed by atoms with Gasteiger partial charge in [-0.2, -0.15) is 4.37 Å². The van der Waals surface area contributed by atoms with Crippen LogP contribution in [0, 0.1) is 6.92 Å². The first-order chi connectivity index (χ1) is 14.1. The third-order valence-corrected chi connectivity index (χ3v) is 5.46. The highest BCUT2D eigenvalue weighted by atomic mass is 127. The summed E-state index contributed by atoms with van der Waals surface area (Å²) in [5.74, 6) is 2.22. The Labute approximate surface area is 198 Å². The van der Waals surface area contributed by atoms with Gasteiger partial charge in [-0.25, -0.2) is 9.97 Å². The van der Waals surface area contributed by atoms with Crippen LogP contribution in [-0.2, 0) is 11.2 Å². The van der Waals surface area contributed by atoms with Crippen LogP contribution in [0.4, 0.5) is 10.9 Å². The summed E-state index contributed by atoms with van der Waals surface area (Å²) in [7, 11) is 1.77. The second-order valence-corrected chi connectivity index (χ2v) is 7.54. The number of pyridine rings is 1. The Morgan fingerprint density at radius 2 is 2.03 bits per heavy atom. The standard InChI is InChI=1S/C19H28N8OS.HI/c1-4-15-24-19(29-25-15)27-11-9-26(10-12-27)18(20-3)21-8-7-17(28)23-16-6-5-14(2)13-22-16;/h5-6,13H,4,7-12H2,1-3H3,(H,20,21)(H,22,23,28);1H. The largest absolute Gasteiger partial charge is 0.356 e. The summed E-state index contributed by atoms with van der Waals surface area (Å²) < 4.78 is 4.37. The zero-order valence-corrected chi connectivity index (χ0v) is 20.7. The summed E-state index contributed by atoms with van der Waals surface area (Å²) in [6.07, 6.45) is 2.94. The molecule has 0 bridgehead atoms. The lowest BCUT2D eigenvalue weighted by molar-refractivity contribution is -0.116. The van der Waals surface area contributed by atoms with E-state index in [1.165, 1.54) is 11.5 Å². The molecule has 0 unspecified atom stereocenters. The molecule has 1 saturated heterocycles. The number of halogens is 1. The van der Waals surface area contributed by atoms with E-state index in [-0.39, 0.29) is 29.9 Å². The smallest absolute Gasteiger partial charge is 0.227 e. The van der Waals surface area contributed by atoms with Crippen LogP contribution in [0.15, 0.2) is 23.3 Å². The van der Waals surface area contributed by atoms with Gasteiger partial charge in [0, 0.05) is 70.3 Å². The van der Waals surface area contributed by atoms with Crippen molar-refractivity contribution in [1.82, 2.24) is 24.6 Å². The molecule has 1 amide bonds. The summed E-state index contributed by atoms with van der Waals surface area (Å²) in [5, 5.41) is 7.08. The van der Waals surface area contributed by atoms with Crippen molar-refractivity contribution in [2.24, 2.45) is 4.99 Å². The predicted octanol–water partition coefficient (Wildman–Crippen LogP) is 2.15. The molecule has 164 valence electrons. The molecule has 2 aromatic heterocycles. The molecule has 1 aliphatic heterocycles. The van der Waals surface area contributed by atoms with Crippen molar-refractivity contribution in [3.05, 3.63) is 29.7 Å². The lowest BCUT2D eigenvalue weighted by atomic mass is 10.3. The van der Waals surface area contributed by atoms with Crippen molar-refractivity contribution in [2.75, 3.05) is 50.0 Å². The maximum absolute atomic E-state index is 12.1. The fourth-order valence-electron chi connectivity index (χ4n) is 2.99. The Kier molecular flexibility index (Phi) is 9.69. The number of nitrogens with one attached hydrogen (secondary N) is 2. The first-order valence-corrected chi connectivity index (χ1v) is 10.6. The second-order valence-electron chi connectivity index (χ2n) is 6.81. The monoisotopic (exact) mass is 544 g/mol. The van der Waals surface area contributed by atoms with Crippen molar-refractivity contribution >= 4 is 58.3 Å². The van der Waals surface area contributed by atoms with Crippen LogP contribution >= 0.6 is 35.5 Å². The van der Waals surface area contributed by atoms with Crippen LogP contribution in [0.5, 0.6) is 0 Å². The molecule has 0 radical (unpaired) electrons. The zero-order chi connectivity index (χ0) is 20.6. The lowest BCUT2D eigenvalue weighted by Crippen LogP contribution is -2.52. The zero-order valence-electron chi connectivity index (χ0n) is 17.6. The Hall–Kier alpha value is -2.02. The van der Waals surface area contributed by atoms with Crippen LogP contribution in [0.3, 0.4) is 0 Å². The summed E-state index contributed by atoms with van der Waals surface area (Å²) in [4.78, 5) is 29.7. The molecule has 11 heteroatoms. The number of anilines is 2. The van der Waals surface area contributed by atoms with Crippen molar-refractivity contribution < 1.29 is 4.79 Å². The van der Waals surface area contributed by atoms with Gasteiger partial charge in [-0.05, 0) is 18.6 Å². The van der Waals surface area contributed by atoms with Crippen LogP contribution in [0.2, 0.25) is 0 Å². The minimum atomic E-state index is -0.0721. The number of piperazine rings is 1. The normalized spacial score (nSPS) is 14.3. The molecule has 0 spiro atoms. The Balaban J connectivity index is 0.00000320. The average Bonchev–Trinajstić information content (AvgIpc) is 3.22. The van der Waals surface area contributed by atoms with Crippen molar-refractivity contribution in [2.45, 2.75) is 26.7 Å². The molecular weight excluding hydrogens is 515 g/mol. The van der Waals surface area contributed by atoms with E-state index in [0.717, 1.165) is 55.1 Å². The lowest BCUT2D eigenvalue weighted by Gasteiger charge is -2.36. The van der Waals surface area contributed by atoms with Crippen LogP contribution in [0.1, 0.15) is 24.7 Å². The van der Waals surface area contributed by atoms with E-state index in [1.54, 1.807) is 19.3 Å². The highest BCUT2D eigenvalue weighted by Crippen LogP contribution is 2.19. The molecule has 2 N–H and O–H groups in total. The number of guanidine groups is 1. The number of aliphatic imine (C=N–C) groups is 1. The van der Waals surface area contributed by atoms with Gasteiger partial charge in [0.05, 0.1) is 0 Å². The third-order valence-electron chi connectivity index (χ3n) is 4.65. The van der Waals surface area contributed by atoms with Crippen molar-refractivity contribution in [1.29, 1.82) is 0 Å². The first kappa shape index (κ1) is 24.3. The van der Waals surface area contributed by atoms with Gasteiger partial charge in [0.15, 0.2) is 5.96 Å². The SMILES string of the molecule is CCc1nsc(N2CCN(C(=NC)NCCC(=O)Nc3ccc(C)cn3)CC2)n1.I. The molecule has 9 nitrogen and oxygen atoms in total. The molecule has 0 saturated carbocycles. The second kappa shape index (κ2) is 12.0. The van der Waals surface area contributed by atoms with E-state index >= 15 is 0 Å². The average molecular weight is 544 g/mol. The number of nitrogens with zero attached hydrogens (tertiary/aromatic N) is 6. The molecule has 0 aromatic carbocycles. The van der Waals surface area contributed by atoms with E-state index in [0.29, 0.717) is 18.8 Å². The predicted molar refractivity (Wildman–Crippen MR) is 132 cm³/mol. The van der Waals surface area contributed by atoms with E-state index in [4.69, 9.17) is 0 Å². The van der Waals surface area contributed by atoms with Gasteiger partial charge in [-0.3, -0.25) is 9.79 Å². The van der Waals surface area contributed by atoms with E-state index in [9.17, 15) is 4.79 Å². The first-order valence-electron chi connectivity index (χ1n) is 9.84. The topological polar surface area (TPSA) is 98.6 Å². The van der Waals surface area contributed by atoms with Crippen LogP contribution in [-0.4, -0.2) is 70.9 Å². The number of carbonyl (C=O) groups excluding carboxylic acids is 1. The number of hydrogen-bond donors (Lipinski definition) is 2. The van der Waals surface area contributed by atoms with Gasteiger partial charge in [-0.1, -0.05) is 13.0 Å². The summed E-state index contributed by atoms with van der Waals surface area (Å²) in [6, 6.07) is 3.73. The fourth-order valence-corrected chi connectivity index (χ4v) is 3.79. The summed E-state index contributed by atoms with van der Waals surface area (Å²) in [6.45, 7) is 7.99. The van der Waals surface area contributed by atoms with Crippen LogP contribution in [0.25, 0.3) is 0 Å². The summed E-state index contributed by atoms with van der Waals surface area (Å²) >= 11 is 1.47. The van der Waals surface area contributed by atoms with Crippen LogP contribution < -0.4 is 15.5 Å². The molecule has 0 aliphatic carbocycles. The number of rotatable bonds is 6. The van der Waals surface area contributed by atoms with Crippen molar-refractivity contribution in [3.63, 3.8) is 0 Å². The Morgan fingerprint density at radius 1 is 1.27 bits per heavy atom. The molecule has 30 heavy (non-hydrogen) atoms. The maximum Gasteiger partial charge on any atom is 0.227 e. The molecule has 1 fully saturated rings. The minimum Gasteiger partial charge on any atom is -0.356 e. The van der Waals surface area contributed by atoms with E-state index < -0.39 is 0 Å². The van der Waals surface area contributed by atoms with Gasteiger partial charge in [-0.15, -0.1) is 24.0 Å². The van der Waals surface area contributed by atoms with E-state index in [2.05, 4.69) is 46.7 Å². The number of aryl methyl sites for hydroxylation is 2. The van der Waals surface area contributed by atoms with Gasteiger partial charge in [0.1, 0.15) is 11.6 Å². The fraction of sp³-hybridized carbons (Fsp3) is 0.526. The minimum absolute atomic E-state index is 0. The number of amides is 1. The Morgan fingerprint density at radius 3 is 2.63 bits per heavy atom. The maximum atomic E-state index is 12.1. The molecule has 3 heterocycles. The molecule has 1 aliphatic rings. The molecule has 3 rings (SSSR count). The highest BCUT2D eigenvalue weighted by molar-refractivity contribution is 14.0. The van der Waals surface area contributed by atoms with Gasteiger partial charge >= 0.3 is 0 Å². The van der Waals surface area contributed by atoms with Gasteiger partial charge < -0.3 is 20.4 Å². The van der Waals surface area contributed by atoms with E-state index in [1.807, 2.05) is 13.0 Å². The van der Waals surface area contributed by atoms with Gasteiger partial charge in [0.25, 0.3) is 0 Å². The molecule has 2 aromatic rings. The number of hydrogen-bond acceptors (Lipinski definition) is 7. The number of carbonyl (C=O) groups is 1. The number of aromatic nitrogens is 3. The quantitative estimate of drug-likeness (QED) is 0.327. The van der Waals surface area contributed by atoms with Crippen molar-refractivity contribution in [3.8, 4) is 0 Å². The molecular formula is C19H29IN8OS. The Bertz CT molecular complexity index is 833. The third kappa shape index (κ3) is 6.76. The highest BCUT2D eigenvalue weighted by Gasteiger charge is 2.22. The molecule has 0 atom stereocenters. The summed E-state index contributed by atoms with van der Waals surface area (Å²) in [5.41, 5.74) is 1.06.